The van der Waals surface area contributed by atoms with Gasteiger partial charge in [0.25, 0.3) is 0 Å². The minimum absolute atomic E-state index is 0.175. The zero-order chi connectivity index (χ0) is 20.3. The highest BCUT2D eigenvalue weighted by Gasteiger charge is 2.14. The fourth-order valence-electron chi connectivity index (χ4n) is 3.13. The van der Waals surface area contributed by atoms with Gasteiger partial charge in [-0.1, -0.05) is 29.8 Å². The summed E-state index contributed by atoms with van der Waals surface area (Å²) in [6.07, 6.45) is 0.171. The fourth-order valence-corrected chi connectivity index (χ4v) is 3.40. The number of nitrogens with zero attached hydrogens (tertiary/aromatic N) is 1. The average Bonchev–Trinajstić information content (AvgIpc) is 2.65. The molecule has 3 rings (SSSR count). The molecule has 0 fully saturated rings. The molecule has 8 heteroatoms. The summed E-state index contributed by atoms with van der Waals surface area (Å²) in [7, 11) is 1.54. The van der Waals surface area contributed by atoms with Crippen LogP contribution in [0.3, 0.4) is 0 Å². The number of methoxy groups -OCH3 is 1. The van der Waals surface area contributed by atoms with Crippen LogP contribution in [0.1, 0.15) is 11.1 Å². The largest absolute Gasteiger partial charge is 0.511 e. The van der Waals surface area contributed by atoms with Crippen LogP contribution in [0.25, 0.3) is 10.9 Å². The molecule has 0 spiro atoms. The van der Waals surface area contributed by atoms with Crippen molar-refractivity contribution < 1.29 is 24.5 Å². The molecule has 1 aromatic heterocycles. The van der Waals surface area contributed by atoms with E-state index in [1.54, 1.807) is 22.8 Å². The predicted octanol–water partition coefficient (Wildman–Crippen LogP) is 3.30. The van der Waals surface area contributed by atoms with E-state index in [0.717, 1.165) is 11.1 Å². The van der Waals surface area contributed by atoms with Gasteiger partial charge in [-0.2, -0.15) is 0 Å². The highest BCUT2D eigenvalue weighted by atomic mass is 35.5. The van der Waals surface area contributed by atoms with Crippen LogP contribution in [0.15, 0.2) is 47.4 Å². The number of para-hydroxylation sites is 1. The summed E-state index contributed by atoms with van der Waals surface area (Å²) in [5.41, 5.74) is 1.70. The van der Waals surface area contributed by atoms with Gasteiger partial charge in [-0.15, -0.1) is 0 Å². The fraction of sp³-hybridized carbons (Fsp3) is 0.200. The molecule has 0 saturated heterocycles. The molecule has 3 aromatic rings. The van der Waals surface area contributed by atoms with Crippen LogP contribution in [0.4, 0.5) is 4.79 Å². The van der Waals surface area contributed by atoms with Crippen LogP contribution < -0.4 is 14.9 Å². The van der Waals surface area contributed by atoms with Gasteiger partial charge in [-0.3, -0.25) is 4.79 Å². The summed E-state index contributed by atoms with van der Waals surface area (Å²) < 4.78 is 11.6. The number of carboxylic acid groups (broad SMARTS) is 1. The number of ether oxygens (including phenoxy) is 2. The van der Waals surface area contributed by atoms with Crippen molar-refractivity contribution in [1.82, 2.24) is 4.57 Å². The number of hydrogen-bond donors (Lipinski definition) is 2. The number of carbonyl (C=O) groups is 1. The number of pyridine rings is 1. The van der Waals surface area contributed by atoms with E-state index in [4.69, 9.17) is 21.4 Å². The third kappa shape index (κ3) is 3.95. The molecule has 0 atom stereocenters. The van der Waals surface area contributed by atoms with Crippen molar-refractivity contribution in [2.75, 3.05) is 13.7 Å². The van der Waals surface area contributed by atoms with Gasteiger partial charge < -0.3 is 24.3 Å². The number of halogens is 1. The van der Waals surface area contributed by atoms with Crippen LogP contribution in [0.5, 0.6) is 11.5 Å². The van der Waals surface area contributed by atoms with E-state index in [1.807, 2.05) is 18.2 Å². The third-order valence-electron chi connectivity index (χ3n) is 4.30. The Labute approximate surface area is 165 Å². The van der Waals surface area contributed by atoms with Crippen molar-refractivity contribution in [3.8, 4) is 11.5 Å². The Morgan fingerprint density at radius 3 is 2.71 bits per heavy atom. The molecule has 0 aliphatic rings. The number of aliphatic hydroxyl groups excluding tert-OH is 1. The molecule has 0 aliphatic carbocycles. The first-order valence-electron chi connectivity index (χ1n) is 8.43. The van der Waals surface area contributed by atoms with Gasteiger partial charge in [0.15, 0.2) is 5.75 Å². The van der Waals surface area contributed by atoms with Gasteiger partial charge >= 0.3 is 6.16 Å². The molecule has 2 aromatic carbocycles. The maximum absolute atomic E-state index is 12.7. The summed E-state index contributed by atoms with van der Waals surface area (Å²) in [5, 5.41) is 18.9. The first-order valence-corrected chi connectivity index (χ1v) is 8.81. The van der Waals surface area contributed by atoms with Crippen LogP contribution in [0, 0.1) is 0 Å². The molecule has 0 bridgehead atoms. The predicted molar refractivity (Wildman–Crippen MR) is 105 cm³/mol. The lowest BCUT2D eigenvalue weighted by Gasteiger charge is -2.14. The van der Waals surface area contributed by atoms with E-state index in [2.05, 4.69) is 4.74 Å². The van der Waals surface area contributed by atoms with Crippen LogP contribution in [-0.4, -0.2) is 34.7 Å². The molecular weight excluding hydrogens is 386 g/mol. The van der Waals surface area contributed by atoms with Gasteiger partial charge in [-0.05, 0) is 23.8 Å². The lowest BCUT2D eigenvalue weighted by atomic mass is 10.0. The number of hydrogen-bond acceptors (Lipinski definition) is 5. The lowest BCUT2D eigenvalue weighted by molar-refractivity contribution is 0.143. The van der Waals surface area contributed by atoms with Crippen molar-refractivity contribution in [3.05, 3.63) is 69.0 Å². The highest BCUT2D eigenvalue weighted by molar-refractivity contribution is 6.32. The molecule has 0 unspecified atom stereocenters. The monoisotopic (exact) mass is 403 g/mol. The molecular formula is C20H18ClNO6. The van der Waals surface area contributed by atoms with E-state index >= 15 is 0 Å². The maximum Gasteiger partial charge on any atom is 0.511 e. The standard InChI is InChI=1S/C20H18ClNO6/c1-27-19-13(3-2-4-15(19)21)9-12-5-6-16-14(10-12)18(24)17(28-20(25)26)11-22(16)7-8-23/h2-6,10-11,23H,7-9H2,1H3,(H,25,26). The van der Waals surface area contributed by atoms with Crippen LogP contribution in [-0.2, 0) is 13.0 Å². The van der Waals surface area contributed by atoms with E-state index in [1.165, 1.54) is 13.3 Å². The highest BCUT2D eigenvalue weighted by Crippen LogP contribution is 2.30. The third-order valence-corrected chi connectivity index (χ3v) is 4.59. The molecule has 0 saturated carbocycles. The van der Waals surface area contributed by atoms with E-state index in [-0.39, 0.29) is 18.9 Å². The van der Waals surface area contributed by atoms with Gasteiger partial charge in [-0.25, -0.2) is 4.79 Å². The Kier molecular flexibility index (Phi) is 5.87. The smallest absolute Gasteiger partial charge is 0.495 e. The minimum atomic E-state index is -1.58. The minimum Gasteiger partial charge on any atom is -0.495 e. The van der Waals surface area contributed by atoms with Gasteiger partial charge in [0, 0.05) is 23.9 Å². The quantitative estimate of drug-likeness (QED) is 0.613. The Bertz CT molecular complexity index is 1090. The van der Waals surface area contributed by atoms with Gasteiger partial charge in [0.2, 0.25) is 5.43 Å². The van der Waals surface area contributed by atoms with Gasteiger partial charge in [0.05, 0.1) is 30.5 Å². The second-order valence-electron chi connectivity index (χ2n) is 6.07. The SMILES string of the molecule is COc1c(Cl)cccc1Cc1ccc2c(c1)c(=O)c(OC(=O)O)cn2CCO. The normalized spacial score (nSPS) is 10.8. The van der Waals surface area contributed by atoms with E-state index in [9.17, 15) is 14.7 Å². The molecule has 2 N–H and O–H groups in total. The van der Waals surface area contributed by atoms with Crippen molar-refractivity contribution in [2.45, 2.75) is 13.0 Å². The Balaban J connectivity index is 2.12. The van der Waals surface area contributed by atoms with Crippen LogP contribution in [0.2, 0.25) is 5.02 Å². The Hall–Kier alpha value is -3.03. The second kappa shape index (κ2) is 8.33. The summed E-state index contributed by atoms with van der Waals surface area (Å²) in [4.78, 5) is 23.6. The van der Waals surface area contributed by atoms with Crippen LogP contribution >= 0.6 is 11.6 Å². The van der Waals surface area contributed by atoms with Gasteiger partial charge in [0.1, 0.15) is 5.75 Å². The molecule has 0 amide bonds. The molecule has 146 valence electrons. The van der Waals surface area contributed by atoms with Crippen molar-refractivity contribution in [3.63, 3.8) is 0 Å². The lowest BCUT2D eigenvalue weighted by Crippen LogP contribution is -2.17. The Morgan fingerprint density at radius 2 is 2.04 bits per heavy atom. The summed E-state index contributed by atoms with van der Waals surface area (Å²) in [5.74, 6) is 0.246. The molecule has 28 heavy (non-hydrogen) atoms. The summed E-state index contributed by atoms with van der Waals surface area (Å²) in [6.45, 7) is 0.0141. The van der Waals surface area contributed by atoms with Crippen molar-refractivity contribution in [1.29, 1.82) is 0 Å². The molecule has 0 radical (unpaired) electrons. The zero-order valence-electron chi connectivity index (χ0n) is 15.0. The molecule has 0 aliphatic heterocycles. The topological polar surface area (TPSA) is 98.0 Å². The molecule has 1 heterocycles. The van der Waals surface area contributed by atoms with Crippen molar-refractivity contribution in [2.24, 2.45) is 0 Å². The van der Waals surface area contributed by atoms with E-state index < -0.39 is 11.6 Å². The zero-order valence-corrected chi connectivity index (χ0v) is 15.8. The maximum atomic E-state index is 12.7. The average molecular weight is 404 g/mol. The number of benzene rings is 2. The number of fused-ring (bicyclic) bond motifs is 1. The number of aliphatic hydroxyl groups is 1. The number of aromatic nitrogens is 1. The first kappa shape index (κ1) is 19.7. The van der Waals surface area contributed by atoms with Crippen molar-refractivity contribution >= 4 is 28.7 Å². The number of rotatable bonds is 6. The summed E-state index contributed by atoms with van der Waals surface area (Å²) >= 11 is 6.17. The Morgan fingerprint density at radius 1 is 1.25 bits per heavy atom. The van der Waals surface area contributed by atoms with E-state index in [0.29, 0.717) is 28.1 Å². The first-order chi connectivity index (χ1) is 13.4. The second-order valence-corrected chi connectivity index (χ2v) is 6.48. The summed E-state index contributed by atoms with van der Waals surface area (Å²) in [6, 6.07) is 10.7. The molecule has 7 nitrogen and oxygen atoms in total.